The van der Waals surface area contributed by atoms with Crippen molar-refractivity contribution in [3.05, 3.63) is 4.88 Å². The Morgan fingerprint density at radius 2 is 2.20 bits per heavy atom. The summed E-state index contributed by atoms with van der Waals surface area (Å²) in [6.07, 6.45) is 1.13. The standard InChI is InChI=1S/C14H22N2O3S/c1-5-18-14(17)12-10(15)11(19-7(2)3)13(20-12)16-9-6-8(9)4/h7-9,16H,5-6,15H2,1-4H3. The summed E-state index contributed by atoms with van der Waals surface area (Å²) in [5, 5.41) is 4.23. The van der Waals surface area contributed by atoms with Gasteiger partial charge in [-0.1, -0.05) is 6.92 Å². The highest BCUT2D eigenvalue weighted by Crippen LogP contribution is 2.46. The van der Waals surface area contributed by atoms with Crippen molar-refractivity contribution in [1.82, 2.24) is 0 Å². The Kier molecular flexibility index (Phi) is 4.42. The Balaban J connectivity index is 2.27. The maximum atomic E-state index is 11.9. The number of carbonyl (C=O) groups excluding carboxylic acids is 1. The summed E-state index contributed by atoms with van der Waals surface area (Å²) in [5.74, 6) is 0.837. The predicted octanol–water partition coefficient (Wildman–Crippen LogP) is 3.11. The molecule has 2 rings (SSSR count). The fraction of sp³-hybridized carbons (Fsp3) is 0.643. The number of nitrogens with one attached hydrogen (secondary N) is 1. The molecule has 1 aromatic rings. The van der Waals surface area contributed by atoms with Crippen molar-refractivity contribution >= 4 is 28.0 Å². The minimum Gasteiger partial charge on any atom is -0.486 e. The SMILES string of the molecule is CCOC(=O)c1sc(NC2CC2C)c(OC(C)C)c1N. The van der Waals surface area contributed by atoms with Gasteiger partial charge in [0.25, 0.3) is 0 Å². The van der Waals surface area contributed by atoms with Crippen LogP contribution in [0.25, 0.3) is 0 Å². The summed E-state index contributed by atoms with van der Waals surface area (Å²) in [7, 11) is 0. The molecule has 0 saturated heterocycles. The van der Waals surface area contributed by atoms with E-state index in [1.54, 1.807) is 6.92 Å². The van der Waals surface area contributed by atoms with E-state index in [-0.39, 0.29) is 12.1 Å². The molecule has 112 valence electrons. The number of anilines is 2. The third kappa shape index (κ3) is 3.17. The number of hydrogen-bond donors (Lipinski definition) is 2. The minimum atomic E-state index is -0.388. The Morgan fingerprint density at radius 1 is 1.55 bits per heavy atom. The molecule has 1 aromatic heterocycles. The molecule has 0 aromatic carbocycles. The van der Waals surface area contributed by atoms with Gasteiger partial charge in [0.05, 0.1) is 12.7 Å². The molecule has 1 aliphatic carbocycles. The first-order valence-electron chi connectivity index (χ1n) is 6.96. The van der Waals surface area contributed by atoms with Crippen LogP contribution in [0, 0.1) is 5.92 Å². The predicted molar refractivity (Wildman–Crippen MR) is 81.6 cm³/mol. The van der Waals surface area contributed by atoms with Crippen LogP contribution in [-0.4, -0.2) is 24.7 Å². The maximum absolute atomic E-state index is 11.9. The van der Waals surface area contributed by atoms with Crippen LogP contribution in [-0.2, 0) is 4.74 Å². The molecule has 1 fully saturated rings. The number of carbonyl (C=O) groups is 1. The molecule has 0 spiro atoms. The third-order valence-corrected chi connectivity index (χ3v) is 4.24. The zero-order chi connectivity index (χ0) is 14.9. The van der Waals surface area contributed by atoms with Gasteiger partial charge in [-0.25, -0.2) is 4.79 Å². The smallest absolute Gasteiger partial charge is 0.350 e. The molecule has 1 aliphatic rings. The molecule has 3 N–H and O–H groups in total. The molecule has 0 radical (unpaired) electrons. The number of esters is 1. The Labute approximate surface area is 123 Å². The van der Waals surface area contributed by atoms with Crippen molar-refractivity contribution in [3.8, 4) is 5.75 Å². The van der Waals surface area contributed by atoms with Gasteiger partial charge in [0.2, 0.25) is 0 Å². The summed E-state index contributed by atoms with van der Waals surface area (Å²) >= 11 is 1.31. The second-order valence-electron chi connectivity index (χ2n) is 5.35. The summed E-state index contributed by atoms with van der Waals surface area (Å²) in [4.78, 5) is 12.3. The highest BCUT2D eigenvalue weighted by molar-refractivity contribution is 7.19. The maximum Gasteiger partial charge on any atom is 0.350 e. The highest BCUT2D eigenvalue weighted by Gasteiger charge is 2.35. The van der Waals surface area contributed by atoms with Crippen molar-refractivity contribution in [3.63, 3.8) is 0 Å². The van der Waals surface area contributed by atoms with E-state index >= 15 is 0 Å². The fourth-order valence-electron chi connectivity index (χ4n) is 1.92. The van der Waals surface area contributed by atoms with Gasteiger partial charge >= 0.3 is 5.97 Å². The summed E-state index contributed by atoms with van der Waals surface area (Å²) in [6.45, 7) is 8.16. The van der Waals surface area contributed by atoms with E-state index in [1.165, 1.54) is 11.3 Å². The number of nitrogens with two attached hydrogens (primary N) is 1. The van der Waals surface area contributed by atoms with Gasteiger partial charge in [-0.2, -0.15) is 0 Å². The van der Waals surface area contributed by atoms with Gasteiger partial charge in [-0.3, -0.25) is 0 Å². The first kappa shape index (κ1) is 15.0. The zero-order valence-corrected chi connectivity index (χ0v) is 13.2. The van der Waals surface area contributed by atoms with E-state index in [0.29, 0.717) is 34.9 Å². The molecule has 1 heterocycles. The molecule has 2 unspecified atom stereocenters. The second kappa shape index (κ2) is 5.91. The molecule has 6 heteroatoms. The van der Waals surface area contributed by atoms with E-state index in [9.17, 15) is 4.79 Å². The normalized spacial score (nSPS) is 20.9. The summed E-state index contributed by atoms with van der Waals surface area (Å²) in [6, 6.07) is 0.442. The Morgan fingerprint density at radius 3 is 2.70 bits per heavy atom. The lowest BCUT2D eigenvalue weighted by Gasteiger charge is -2.12. The van der Waals surface area contributed by atoms with Crippen molar-refractivity contribution in [2.75, 3.05) is 17.7 Å². The van der Waals surface area contributed by atoms with E-state index < -0.39 is 0 Å². The van der Waals surface area contributed by atoms with Gasteiger partial charge in [0.1, 0.15) is 15.6 Å². The van der Waals surface area contributed by atoms with Crippen LogP contribution in [0.3, 0.4) is 0 Å². The Bertz CT molecular complexity index is 499. The quantitative estimate of drug-likeness (QED) is 0.789. The van der Waals surface area contributed by atoms with Crippen LogP contribution in [0.15, 0.2) is 0 Å². The van der Waals surface area contributed by atoms with Crippen LogP contribution in [0.1, 0.15) is 43.8 Å². The first-order valence-corrected chi connectivity index (χ1v) is 7.78. The molecule has 20 heavy (non-hydrogen) atoms. The van der Waals surface area contributed by atoms with Gasteiger partial charge in [-0.05, 0) is 33.1 Å². The third-order valence-electron chi connectivity index (χ3n) is 3.14. The largest absolute Gasteiger partial charge is 0.486 e. The van der Waals surface area contributed by atoms with Crippen LogP contribution in [0.2, 0.25) is 0 Å². The van der Waals surface area contributed by atoms with E-state index in [0.717, 1.165) is 11.4 Å². The van der Waals surface area contributed by atoms with Crippen molar-refractivity contribution < 1.29 is 14.3 Å². The van der Waals surface area contributed by atoms with Gasteiger partial charge in [0.15, 0.2) is 5.75 Å². The van der Waals surface area contributed by atoms with Crippen molar-refractivity contribution in [1.29, 1.82) is 0 Å². The molecular weight excluding hydrogens is 276 g/mol. The number of rotatable bonds is 6. The van der Waals surface area contributed by atoms with Crippen LogP contribution < -0.4 is 15.8 Å². The topological polar surface area (TPSA) is 73.6 Å². The van der Waals surface area contributed by atoms with Crippen molar-refractivity contribution in [2.45, 2.75) is 46.3 Å². The highest BCUT2D eigenvalue weighted by atomic mass is 32.1. The molecule has 0 aliphatic heterocycles. The average Bonchev–Trinajstić information content (AvgIpc) is 2.97. The lowest BCUT2D eigenvalue weighted by Crippen LogP contribution is -2.10. The number of hydrogen-bond acceptors (Lipinski definition) is 6. The number of nitrogen functional groups attached to an aromatic ring is 1. The number of ether oxygens (including phenoxy) is 2. The molecule has 5 nitrogen and oxygen atoms in total. The Hall–Kier alpha value is -1.43. The van der Waals surface area contributed by atoms with Gasteiger partial charge < -0.3 is 20.5 Å². The van der Waals surface area contributed by atoms with Crippen LogP contribution in [0.5, 0.6) is 5.75 Å². The summed E-state index contributed by atoms with van der Waals surface area (Å²) < 4.78 is 10.8. The van der Waals surface area contributed by atoms with Crippen LogP contribution in [0.4, 0.5) is 10.7 Å². The molecular formula is C14H22N2O3S. The van der Waals surface area contributed by atoms with Gasteiger partial charge in [-0.15, -0.1) is 11.3 Å². The zero-order valence-electron chi connectivity index (χ0n) is 12.4. The first-order chi connectivity index (χ1) is 9.43. The van der Waals surface area contributed by atoms with Crippen molar-refractivity contribution in [2.24, 2.45) is 5.92 Å². The summed E-state index contributed by atoms with van der Waals surface area (Å²) in [5.41, 5.74) is 6.43. The van der Waals surface area contributed by atoms with Crippen LogP contribution >= 0.6 is 11.3 Å². The fourth-order valence-corrected chi connectivity index (χ4v) is 2.93. The lowest BCUT2D eigenvalue weighted by molar-refractivity contribution is 0.0533. The molecule has 1 saturated carbocycles. The van der Waals surface area contributed by atoms with E-state index in [1.807, 2.05) is 13.8 Å². The van der Waals surface area contributed by atoms with E-state index in [4.69, 9.17) is 15.2 Å². The second-order valence-corrected chi connectivity index (χ2v) is 6.37. The monoisotopic (exact) mass is 298 g/mol. The number of thiophene rings is 1. The minimum absolute atomic E-state index is 0.000813. The van der Waals surface area contributed by atoms with Gasteiger partial charge in [0, 0.05) is 6.04 Å². The molecule has 0 amide bonds. The molecule has 0 bridgehead atoms. The molecule has 2 atom stereocenters. The lowest BCUT2D eigenvalue weighted by atomic mass is 10.3. The average molecular weight is 298 g/mol. The van der Waals surface area contributed by atoms with E-state index in [2.05, 4.69) is 12.2 Å².